The minimum absolute atomic E-state index is 0.180. The number of nitrogens with one attached hydrogen (secondary N) is 1. The third-order valence-electron chi connectivity index (χ3n) is 4.46. The standard InChI is InChI=1S/C19H26N4O4/c1-5-13-8-6-7-12(2)14(13)11-15-16(21-3)17(23(24)25)18(20)22-19(15)27-10-9-26-4/h6-8H,5,9-11H2,1-4H3,(H3,20,21,22). The van der Waals surface area contributed by atoms with Crippen LogP contribution in [0.2, 0.25) is 0 Å². The van der Waals surface area contributed by atoms with Crippen molar-refractivity contribution in [3.05, 3.63) is 50.6 Å². The van der Waals surface area contributed by atoms with E-state index in [4.69, 9.17) is 15.2 Å². The van der Waals surface area contributed by atoms with E-state index in [1.54, 1.807) is 14.2 Å². The zero-order chi connectivity index (χ0) is 20.0. The highest BCUT2D eigenvalue weighted by Crippen LogP contribution is 2.39. The molecule has 0 atom stereocenters. The Morgan fingerprint density at radius 1 is 1.30 bits per heavy atom. The predicted molar refractivity (Wildman–Crippen MR) is 106 cm³/mol. The molecule has 0 saturated carbocycles. The van der Waals surface area contributed by atoms with Gasteiger partial charge in [0.15, 0.2) is 0 Å². The Balaban J connectivity index is 2.64. The maximum absolute atomic E-state index is 11.6. The van der Waals surface area contributed by atoms with E-state index in [0.717, 1.165) is 17.5 Å². The first-order valence-electron chi connectivity index (χ1n) is 8.78. The Labute approximate surface area is 158 Å². The molecule has 0 bridgehead atoms. The van der Waals surface area contributed by atoms with E-state index in [0.29, 0.717) is 24.3 Å². The van der Waals surface area contributed by atoms with Crippen molar-refractivity contribution in [2.75, 3.05) is 38.4 Å². The van der Waals surface area contributed by atoms with Crippen LogP contribution in [0.1, 0.15) is 29.2 Å². The second kappa shape index (κ2) is 9.18. The van der Waals surface area contributed by atoms with E-state index in [9.17, 15) is 10.1 Å². The molecule has 8 nitrogen and oxygen atoms in total. The van der Waals surface area contributed by atoms with Gasteiger partial charge in [0, 0.05) is 26.1 Å². The van der Waals surface area contributed by atoms with Crippen molar-refractivity contribution in [1.29, 1.82) is 0 Å². The first-order chi connectivity index (χ1) is 12.9. The molecule has 3 N–H and O–H groups in total. The largest absolute Gasteiger partial charge is 0.475 e. The van der Waals surface area contributed by atoms with Crippen molar-refractivity contribution in [3.63, 3.8) is 0 Å². The lowest BCUT2D eigenvalue weighted by Crippen LogP contribution is -2.13. The minimum atomic E-state index is -0.519. The molecule has 0 aliphatic carbocycles. The first-order valence-corrected chi connectivity index (χ1v) is 8.78. The van der Waals surface area contributed by atoms with Crippen molar-refractivity contribution >= 4 is 17.2 Å². The molecule has 8 heteroatoms. The topological polar surface area (TPSA) is 113 Å². The summed E-state index contributed by atoms with van der Waals surface area (Å²) in [5, 5.41) is 14.5. The lowest BCUT2D eigenvalue weighted by atomic mass is 9.93. The lowest BCUT2D eigenvalue weighted by molar-refractivity contribution is -0.383. The lowest BCUT2D eigenvalue weighted by Gasteiger charge is -2.18. The number of pyridine rings is 1. The van der Waals surface area contributed by atoms with E-state index >= 15 is 0 Å². The molecule has 0 saturated heterocycles. The summed E-state index contributed by atoms with van der Waals surface area (Å²) in [4.78, 5) is 15.2. The number of nitrogens with two attached hydrogens (primary N) is 1. The highest BCUT2D eigenvalue weighted by Gasteiger charge is 2.27. The predicted octanol–water partition coefficient (Wildman–Crippen LogP) is 3.10. The Hall–Kier alpha value is -2.87. The van der Waals surface area contributed by atoms with Gasteiger partial charge in [-0.3, -0.25) is 10.1 Å². The molecule has 0 unspecified atom stereocenters. The number of hydrogen-bond donors (Lipinski definition) is 2. The van der Waals surface area contributed by atoms with E-state index < -0.39 is 4.92 Å². The second-order valence-electron chi connectivity index (χ2n) is 6.10. The molecule has 0 aliphatic rings. The van der Waals surface area contributed by atoms with Crippen LogP contribution in [0.25, 0.3) is 0 Å². The SMILES string of the molecule is CCc1cccc(C)c1Cc1c(OCCOC)nc(N)c([N+](=O)[O-])c1NC. The van der Waals surface area contributed by atoms with Gasteiger partial charge in [0.25, 0.3) is 0 Å². The maximum Gasteiger partial charge on any atom is 0.334 e. The number of nitrogen functional groups attached to an aromatic ring is 1. The summed E-state index contributed by atoms with van der Waals surface area (Å²) >= 11 is 0. The number of hydrogen-bond acceptors (Lipinski definition) is 7. The van der Waals surface area contributed by atoms with Gasteiger partial charge in [-0.2, -0.15) is 4.98 Å². The highest BCUT2D eigenvalue weighted by atomic mass is 16.6. The summed E-state index contributed by atoms with van der Waals surface area (Å²) in [6, 6.07) is 6.10. The van der Waals surface area contributed by atoms with Gasteiger partial charge in [0.05, 0.1) is 11.5 Å². The summed E-state index contributed by atoms with van der Waals surface area (Å²) in [5.74, 6) is 0.103. The molecule has 0 aliphatic heterocycles. The van der Waals surface area contributed by atoms with Crippen LogP contribution in [0.5, 0.6) is 5.88 Å². The third kappa shape index (κ3) is 4.46. The van der Waals surface area contributed by atoms with Gasteiger partial charge >= 0.3 is 5.69 Å². The van der Waals surface area contributed by atoms with Crippen LogP contribution in [0.3, 0.4) is 0 Å². The molecule has 0 radical (unpaired) electrons. The average Bonchev–Trinajstić information content (AvgIpc) is 2.64. The van der Waals surface area contributed by atoms with Crippen LogP contribution in [-0.4, -0.2) is 37.3 Å². The van der Waals surface area contributed by atoms with Crippen molar-refractivity contribution in [2.45, 2.75) is 26.7 Å². The summed E-state index contributed by atoms with van der Waals surface area (Å²) in [6.45, 7) is 4.75. The van der Waals surface area contributed by atoms with E-state index in [1.807, 2.05) is 19.1 Å². The van der Waals surface area contributed by atoms with Gasteiger partial charge in [-0.05, 0) is 30.0 Å². The number of ether oxygens (including phenoxy) is 2. The summed E-state index contributed by atoms with van der Waals surface area (Å²) in [6.07, 6.45) is 1.30. The van der Waals surface area contributed by atoms with Crippen LogP contribution in [0, 0.1) is 17.0 Å². The van der Waals surface area contributed by atoms with Gasteiger partial charge in [-0.1, -0.05) is 25.1 Å². The van der Waals surface area contributed by atoms with Gasteiger partial charge in [0.1, 0.15) is 12.3 Å². The van der Waals surface area contributed by atoms with Gasteiger partial charge < -0.3 is 20.5 Å². The van der Waals surface area contributed by atoms with Crippen LogP contribution in [0.4, 0.5) is 17.2 Å². The summed E-state index contributed by atoms with van der Waals surface area (Å²) in [5.41, 5.74) is 9.94. The van der Waals surface area contributed by atoms with Crippen LogP contribution in [0.15, 0.2) is 18.2 Å². The van der Waals surface area contributed by atoms with E-state index in [-0.39, 0.29) is 24.0 Å². The smallest absolute Gasteiger partial charge is 0.334 e. The van der Waals surface area contributed by atoms with Gasteiger partial charge in [-0.25, -0.2) is 0 Å². The molecule has 0 fully saturated rings. The Bertz CT molecular complexity index is 824. The van der Waals surface area contributed by atoms with Crippen LogP contribution < -0.4 is 15.8 Å². The van der Waals surface area contributed by atoms with Crippen molar-refractivity contribution < 1.29 is 14.4 Å². The van der Waals surface area contributed by atoms with Crippen LogP contribution >= 0.6 is 0 Å². The molecule has 1 heterocycles. The van der Waals surface area contributed by atoms with E-state index in [1.165, 1.54) is 5.56 Å². The molecule has 2 rings (SSSR count). The number of benzene rings is 1. The van der Waals surface area contributed by atoms with Crippen molar-refractivity contribution in [2.24, 2.45) is 0 Å². The van der Waals surface area contributed by atoms with Gasteiger partial charge in [-0.15, -0.1) is 0 Å². The van der Waals surface area contributed by atoms with E-state index in [2.05, 4.69) is 23.3 Å². The summed E-state index contributed by atoms with van der Waals surface area (Å²) < 4.78 is 10.8. The van der Waals surface area contributed by atoms with Crippen molar-refractivity contribution in [3.8, 4) is 5.88 Å². The quantitative estimate of drug-likeness (QED) is 0.394. The Morgan fingerprint density at radius 2 is 2.04 bits per heavy atom. The fourth-order valence-electron chi connectivity index (χ4n) is 3.09. The fourth-order valence-corrected chi connectivity index (χ4v) is 3.09. The number of nitrogens with zero attached hydrogens (tertiary/aromatic N) is 2. The zero-order valence-corrected chi connectivity index (χ0v) is 16.2. The number of aryl methyl sites for hydroxylation is 2. The number of anilines is 2. The molecule has 2 aromatic rings. The first kappa shape index (κ1) is 20.4. The maximum atomic E-state index is 11.6. The Kier molecular flexibility index (Phi) is 6.95. The van der Waals surface area contributed by atoms with Crippen LogP contribution in [-0.2, 0) is 17.6 Å². The monoisotopic (exact) mass is 374 g/mol. The zero-order valence-electron chi connectivity index (χ0n) is 16.2. The molecule has 146 valence electrons. The molecular weight excluding hydrogens is 348 g/mol. The molecular formula is C19H26N4O4. The second-order valence-corrected chi connectivity index (χ2v) is 6.10. The highest BCUT2D eigenvalue weighted by molar-refractivity contribution is 5.77. The summed E-state index contributed by atoms with van der Waals surface area (Å²) in [7, 11) is 3.20. The molecule has 0 spiro atoms. The number of rotatable bonds is 9. The Morgan fingerprint density at radius 3 is 2.63 bits per heavy atom. The minimum Gasteiger partial charge on any atom is -0.475 e. The molecule has 1 aromatic carbocycles. The molecule has 27 heavy (non-hydrogen) atoms. The number of nitro groups is 1. The normalized spacial score (nSPS) is 10.7. The third-order valence-corrected chi connectivity index (χ3v) is 4.46. The molecule has 0 amide bonds. The molecule has 1 aromatic heterocycles. The van der Waals surface area contributed by atoms with Gasteiger partial charge in [0.2, 0.25) is 11.7 Å². The number of methoxy groups -OCH3 is 1. The fraction of sp³-hybridized carbons (Fsp3) is 0.421. The average molecular weight is 374 g/mol. The number of aromatic nitrogens is 1. The van der Waals surface area contributed by atoms with Crippen molar-refractivity contribution in [1.82, 2.24) is 4.98 Å².